The van der Waals surface area contributed by atoms with Gasteiger partial charge in [-0.1, -0.05) is 28.8 Å². The topological polar surface area (TPSA) is 40.5 Å². The molecule has 1 saturated heterocycles. The van der Waals surface area contributed by atoms with E-state index in [0.29, 0.717) is 25.1 Å². The lowest BCUT2D eigenvalue weighted by Gasteiger charge is -2.26. The maximum atomic E-state index is 13.8. The van der Waals surface area contributed by atoms with Crippen LogP contribution in [0.25, 0.3) is 0 Å². The highest BCUT2D eigenvalue weighted by Gasteiger charge is 2.27. The second-order valence-electron chi connectivity index (χ2n) is 4.91. The minimum Gasteiger partial charge on any atom is -0.480 e. The molecule has 3 nitrogen and oxygen atoms in total. The maximum Gasteiger partial charge on any atom is 0.320 e. The fourth-order valence-corrected chi connectivity index (χ4v) is 2.93. The van der Waals surface area contributed by atoms with Crippen LogP contribution in [0.4, 0.5) is 4.39 Å². The molecular formula is C14H17BrFNO2. The minimum absolute atomic E-state index is 0.281. The summed E-state index contributed by atoms with van der Waals surface area (Å²) in [5, 5.41) is 9.29. The SMILES string of the molecule is O=C(O)C1CCCCCN1Cc1cc(Br)ccc1F. The van der Waals surface area contributed by atoms with Crippen molar-refractivity contribution in [3.05, 3.63) is 34.1 Å². The number of nitrogens with zero attached hydrogens (tertiary/aromatic N) is 1. The zero-order valence-corrected chi connectivity index (χ0v) is 12.2. The molecular weight excluding hydrogens is 313 g/mol. The molecule has 0 aromatic heterocycles. The first-order valence-electron chi connectivity index (χ1n) is 6.48. The van der Waals surface area contributed by atoms with Gasteiger partial charge in [-0.3, -0.25) is 9.69 Å². The Morgan fingerprint density at radius 3 is 2.95 bits per heavy atom. The third-order valence-corrected chi connectivity index (χ3v) is 4.02. The number of carbonyl (C=O) groups is 1. The van der Waals surface area contributed by atoms with Crippen LogP contribution in [0, 0.1) is 5.82 Å². The number of hydrogen-bond donors (Lipinski definition) is 1. The van der Waals surface area contributed by atoms with Crippen molar-refractivity contribution in [2.75, 3.05) is 6.54 Å². The van der Waals surface area contributed by atoms with Gasteiger partial charge in [-0.15, -0.1) is 0 Å². The Balaban J connectivity index is 2.18. The molecule has 0 bridgehead atoms. The first-order valence-corrected chi connectivity index (χ1v) is 7.28. The molecule has 1 atom stereocenters. The number of halogens is 2. The van der Waals surface area contributed by atoms with E-state index in [1.54, 1.807) is 12.1 Å². The van der Waals surface area contributed by atoms with Crippen molar-refractivity contribution in [2.45, 2.75) is 38.3 Å². The van der Waals surface area contributed by atoms with E-state index in [-0.39, 0.29) is 5.82 Å². The molecule has 19 heavy (non-hydrogen) atoms. The van der Waals surface area contributed by atoms with E-state index < -0.39 is 12.0 Å². The average molecular weight is 330 g/mol. The Hall–Kier alpha value is -0.940. The summed E-state index contributed by atoms with van der Waals surface area (Å²) in [5.41, 5.74) is 0.544. The molecule has 0 amide bonds. The quantitative estimate of drug-likeness (QED) is 0.923. The zero-order chi connectivity index (χ0) is 13.8. The van der Waals surface area contributed by atoms with Gasteiger partial charge in [-0.25, -0.2) is 4.39 Å². The molecule has 0 spiro atoms. The smallest absolute Gasteiger partial charge is 0.320 e. The molecule has 1 aromatic rings. The third kappa shape index (κ3) is 3.76. The van der Waals surface area contributed by atoms with Crippen molar-refractivity contribution in [3.63, 3.8) is 0 Å². The van der Waals surface area contributed by atoms with E-state index >= 15 is 0 Å². The van der Waals surface area contributed by atoms with Crippen molar-refractivity contribution in [2.24, 2.45) is 0 Å². The monoisotopic (exact) mass is 329 g/mol. The van der Waals surface area contributed by atoms with Crippen LogP contribution >= 0.6 is 15.9 Å². The molecule has 0 saturated carbocycles. The predicted octanol–water partition coefficient (Wildman–Crippen LogP) is 3.42. The maximum absolute atomic E-state index is 13.8. The number of likely N-dealkylation sites (tertiary alicyclic amines) is 1. The molecule has 1 unspecified atom stereocenters. The third-order valence-electron chi connectivity index (χ3n) is 3.53. The van der Waals surface area contributed by atoms with E-state index in [1.165, 1.54) is 6.07 Å². The van der Waals surface area contributed by atoms with E-state index in [9.17, 15) is 14.3 Å². The summed E-state index contributed by atoms with van der Waals surface area (Å²) in [7, 11) is 0. The van der Waals surface area contributed by atoms with Gasteiger partial charge in [0.1, 0.15) is 11.9 Å². The molecule has 1 heterocycles. The lowest BCUT2D eigenvalue weighted by atomic mass is 10.1. The van der Waals surface area contributed by atoms with Gasteiger partial charge in [0.05, 0.1) is 0 Å². The number of hydrogen-bond acceptors (Lipinski definition) is 2. The highest BCUT2D eigenvalue weighted by molar-refractivity contribution is 9.10. The fourth-order valence-electron chi connectivity index (χ4n) is 2.52. The summed E-state index contributed by atoms with van der Waals surface area (Å²) in [6.45, 7) is 1.06. The molecule has 1 aromatic carbocycles. The highest BCUT2D eigenvalue weighted by Crippen LogP contribution is 2.22. The van der Waals surface area contributed by atoms with Crippen molar-refractivity contribution in [3.8, 4) is 0 Å². The summed E-state index contributed by atoms with van der Waals surface area (Å²) in [5.74, 6) is -1.09. The lowest BCUT2D eigenvalue weighted by Crippen LogP contribution is -2.40. The van der Waals surface area contributed by atoms with Gasteiger partial charge in [0.25, 0.3) is 0 Å². The highest BCUT2D eigenvalue weighted by atomic mass is 79.9. The van der Waals surface area contributed by atoms with Crippen molar-refractivity contribution in [1.29, 1.82) is 0 Å². The summed E-state index contributed by atoms with van der Waals surface area (Å²) in [4.78, 5) is 13.2. The summed E-state index contributed by atoms with van der Waals surface area (Å²) >= 11 is 3.32. The Kier molecular flexibility index (Phi) is 4.93. The van der Waals surface area contributed by atoms with Crippen molar-refractivity contribution in [1.82, 2.24) is 4.90 Å². The standard InChI is InChI=1S/C14H17BrFNO2/c15-11-5-6-12(16)10(8-11)9-17-7-3-1-2-4-13(17)14(18)19/h5-6,8,13H,1-4,7,9H2,(H,18,19). The van der Waals surface area contributed by atoms with Crippen LogP contribution in [0.3, 0.4) is 0 Å². The summed E-state index contributed by atoms with van der Waals surface area (Å²) < 4.78 is 14.6. The zero-order valence-electron chi connectivity index (χ0n) is 10.6. The number of benzene rings is 1. The summed E-state index contributed by atoms with van der Waals surface area (Å²) in [6.07, 6.45) is 3.58. The van der Waals surface area contributed by atoms with Crippen LogP contribution in [0.15, 0.2) is 22.7 Å². The second-order valence-corrected chi connectivity index (χ2v) is 5.83. The van der Waals surface area contributed by atoms with Crippen LogP contribution in [-0.2, 0) is 11.3 Å². The van der Waals surface area contributed by atoms with Gasteiger partial charge in [-0.05, 0) is 37.6 Å². The first kappa shape index (κ1) is 14.5. The average Bonchev–Trinajstić information content (AvgIpc) is 2.59. The molecule has 0 aliphatic carbocycles. The van der Waals surface area contributed by atoms with Gasteiger partial charge >= 0.3 is 5.97 Å². The molecule has 104 valence electrons. The first-order chi connectivity index (χ1) is 9.08. The fraction of sp³-hybridized carbons (Fsp3) is 0.500. The van der Waals surface area contributed by atoms with Crippen LogP contribution in [0.5, 0.6) is 0 Å². The Bertz CT molecular complexity index is 467. The molecule has 2 rings (SSSR count). The number of carboxylic acid groups (broad SMARTS) is 1. The largest absolute Gasteiger partial charge is 0.480 e. The molecule has 0 radical (unpaired) electrons. The van der Waals surface area contributed by atoms with E-state index in [0.717, 1.165) is 23.7 Å². The van der Waals surface area contributed by atoms with Gasteiger partial charge < -0.3 is 5.11 Å². The number of rotatable bonds is 3. The number of carboxylic acids is 1. The van der Waals surface area contributed by atoms with Crippen molar-refractivity contribution >= 4 is 21.9 Å². The second kappa shape index (κ2) is 6.48. The van der Waals surface area contributed by atoms with Crippen LogP contribution in [0.2, 0.25) is 0 Å². The minimum atomic E-state index is -0.808. The Labute approximate surface area is 120 Å². The molecule has 1 fully saturated rings. The Morgan fingerprint density at radius 2 is 2.21 bits per heavy atom. The van der Waals surface area contributed by atoms with E-state index in [4.69, 9.17) is 0 Å². The van der Waals surface area contributed by atoms with Gasteiger partial charge in [0.2, 0.25) is 0 Å². The molecule has 1 N–H and O–H groups in total. The van der Waals surface area contributed by atoms with Gasteiger partial charge in [0.15, 0.2) is 0 Å². The normalized spacial score (nSPS) is 21.1. The summed E-state index contributed by atoms with van der Waals surface area (Å²) in [6, 6.07) is 4.28. The van der Waals surface area contributed by atoms with Gasteiger partial charge in [0, 0.05) is 16.6 Å². The van der Waals surface area contributed by atoms with Crippen molar-refractivity contribution < 1.29 is 14.3 Å². The molecule has 5 heteroatoms. The molecule has 1 aliphatic heterocycles. The van der Waals surface area contributed by atoms with Gasteiger partial charge in [-0.2, -0.15) is 0 Å². The van der Waals surface area contributed by atoms with Crippen LogP contribution < -0.4 is 0 Å². The Morgan fingerprint density at radius 1 is 1.42 bits per heavy atom. The predicted molar refractivity (Wildman–Crippen MR) is 74.4 cm³/mol. The lowest BCUT2D eigenvalue weighted by molar-refractivity contribution is -0.143. The van der Waals surface area contributed by atoms with Crippen LogP contribution in [0.1, 0.15) is 31.2 Å². The van der Waals surface area contributed by atoms with E-state index in [1.807, 2.05) is 4.90 Å². The van der Waals surface area contributed by atoms with Crippen LogP contribution in [-0.4, -0.2) is 28.6 Å². The van der Waals surface area contributed by atoms with E-state index in [2.05, 4.69) is 15.9 Å². The number of aliphatic carboxylic acids is 1. The molecule has 1 aliphatic rings.